The molecule has 5 rings (SSSR count). The number of hydrogen-bond donors (Lipinski definition) is 0. The van der Waals surface area contributed by atoms with Gasteiger partial charge < -0.3 is 4.57 Å². The van der Waals surface area contributed by atoms with Crippen LogP contribution >= 0.6 is 0 Å². The van der Waals surface area contributed by atoms with Crippen LogP contribution in [0.1, 0.15) is 65.2 Å². The van der Waals surface area contributed by atoms with E-state index in [4.69, 9.17) is 0 Å². The Balaban J connectivity index is 1.50. The molecule has 134 valence electrons. The van der Waals surface area contributed by atoms with Crippen molar-refractivity contribution >= 4 is 11.5 Å². The average Bonchev–Trinajstić information content (AvgIpc) is 3.21. The van der Waals surface area contributed by atoms with E-state index in [1.54, 1.807) is 0 Å². The first kappa shape index (κ1) is 15.8. The number of carbonyl (C=O) groups excluding carboxylic acids is 1. The third kappa shape index (κ3) is 2.04. The zero-order valence-corrected chi connectivity index (χ0v) is 15.6. The van der Waals surface area contributed by atoms with Crippen LogP contribution in [0, 0.1) is 34.5 Å². The number of rotatable bonds is 1. The van der Waals surface area contributed by atoms with Gasteiger partial charge in [0.15, 0.2) is 0 Å². The smallest absolute Gasteiger partial charge is 0.136 e. The van der Waals surface area contributed by atoms with Crippen molar-refractivity contribution in [2.24, 2.45) is 34.5 Å². The number of carbonyl (C=O) groups is 1. The van der Waals surface area contributed by atoms with Crippen molar-refractivity contribution < 1.29 is 4.79 Å². The zero-order valence-electron chi connectivity index (χ0n) is 15.6. The molecule has 3 saturated carbocycles. The van der Waals surface area contributed by atoms with Crippen molar-refractivity contribution in [3.05, 3.63) is 24.8 Å². The minimum absolute atomic E-state index is 0.208. The molecule has 0 amide bonds. The number of fused-ring (bicyclic) bond motifs is 5. The van der Waals surface area contributed by atoms with E-state index in [0.717, 1.165) is 25.2 Å². The van der Waals surface area contributed by atoms with E-state index >= 15 is 0 Å². The zero-order chi connectivity index (χ0) is 17.2. The highest BCUT2D eigenvalue weighted by Crippen LogP contribution is 2.66. The van der Waals surface area contributed by atoms with Crippen molar-refractivity contribution in [1.82, 2.24) is 9.55 Å². The van der Waals surface area contributed by atoms with Gasteiger partial charge in [-0.05, 0) is 55.3 Å². The lowest BCUT2D eigenvalue weighted by Gasteiger charge is -2.59. The maximum Gasteiger partial charge on any atom is 0.136 e. The fraction of sp³-hybridized carbons (Fsp3) is 0.727. The van der Waals surface area contributed by atoms with Crippen molar-refractivity contribution in [2.75, 3.05) is 0 Å². The van der Waals surface area contributed by atoms with Crippen LogP contribution in [-0.4, -0.2) is 15.3 Å². The number of aromatic nitrogens is 2. The lowest BCUT2D eigenvalue weighted by atomic mass is 9.45. The van der Waals surface area contributed by atoms with Crippen LogP contribution < -0.4 is 0 Å². The molecule has 3 heteroatoms. The lowest BCUT2D eigenvalue weighted by Crippen LogP contribution is -2.55. The summed E-state index contributed by atoms with van der Waals surface area (Å²) >= 11 is 0. The summed E-state index contributed by atoms with van der Waals surface area (Å²) in [4.78, 5) is 17.3. The number of nitrogens with zero attached hydrogens (tertiary/aromatic N) is 2. The molecule has 3 nitrogen and oxygen atoms in total. The summed E-state index contributed by atoms with van der Waals surface area (Å²) in [5, 5.41) is 0. The Morgan fingerprint density at radius 1 is 1.16 bits per heavy atom. The third-order valence-electron chi connectivity index (χ3n) is 8.69. The van der Waals surface area contributed by atoms with Crippen LogP contribution in [0.15, 0.2) is 24.8 Å². The second kappa shape index (κ2) is 5.31. The lowest BCUT2D eigenvalue weighted by molar-refractivity contribution is -0.150. The van der Waals surface area contributed by atoms with E-state index in [-0.39, 0.29) is 10.8 Å². The van der Waals surface area contributed by atoms with Gasteiger partial charge in [0.25, 0.3) is 0 Å². The first-order valence-electron chi connectivity index (χ1n) is 10.3. The number of allylic oxidation sites excluding steroid dienone is 2. The van der Waals surface area contributed by atoms with E-state index in [2.05, 4.69) is 35.7 Å². The summed E-state index contributed by atoms with van der Waals surface area (Å²) in [7, 11) is 0. The molecule has 0 N–H and O–H groups in total. The molecule has 4 aliphatic carbocycles. The van der Waals surface area contributed by atoms with Crippen LogP contribution in [0.3, 0.4) is 0 Å². The van der Waals surface area contributed by atoms with Crippen LogP contribution in [0.5, 0.6) is 0 Å². The van der Waals surface area contributed by atoms with Crippen LogP contribution in [0.2, 0.25) is 0 Å². The van der Waals surface area contributed by atoms with Crippen molar-refractivity contribution in [3.8, 4) is 0 Å². The highest BCUT2D eigenvalue weighted by atomic mass is 16.1. The molecule has 1 aromatic heterocycles. The fourth-order valence-electron chi connectivity index (χ4n) is 7.44. The summed E-state index contributed by atoms with van der Waals surface area (Å²) in [5.41, 5.74) is 1.91. The first-order valence-corrected chi connectivity index (χ1v) is 10.3. The number of hydrogen-bond acceptors (Lipinski definition) is 2. The number of ketones is 1. The van der Waals surface area contributed by atoms with Gasteiger partial charge in [0.2, 0.25) is 0 Å². The summed E-state index contributed by atoms with van der Waals surface area (Å²) in [6.45, 7) is 4.92. The van der Waals surface area contributed by atoms with Gasteiger partial charge in [0.1, 0.15) is 5.78 Å². The standard InChI is InChI=1S/C22H30N2O/c1-21-9-4-3-5-18(21)19(25)13-15-16-6-7-20(24-12-11-23-14-24)22(16,2)10-8-17(15)21/h7,11-12,14-18H,3-6,8-10,13H2,1-2H3/t15-,16-,17-,18?,21+,22-/m0/s1. The largest absolute Gasteiger partial charge is 0.310 e. The molecule has 4 aliphatic rings. The van der Waals surface area contributed by atoms with E-state index in [0.29, 0.717) is 23.5 Å². The van der Waals surface area contributed by atoms with Crippen molar-refractivity contribution in [3.63, 3.8) is 0 Å². The Bertz CT molecular complexity index is 720. The van der Waals surface area contributed by atoms with Gasteiger partial charge in [-0.2, -0.15) is 0 Å². The summed E-state index contributed by atoms with van der Waals surface area (Å²) in [6, 6.07) is 0. The average molecular weight is 338 g/mol. The fourth-order valence-corrected chi connectivity index (χ4v) is 7.44. The normalized spacial score (nSPS) is 46.2. The van der Waals surface area contributed by atoms with E-state index in [1.165, 1.54) is 37.8 Å². The predicted octanol–water partition coefficient (Wildman–Crippen LogP) is 4.95. The van der Waals surface area contributed by atoms with Gasteiger partial charge in [-0.3, -0.25) is 4.79 Å². The number of imidazole rings is 1. The molecule has 0 aliphatic heterocycles. The molecule has 0 aromatic carbocycles. The molecule has 0 spiro atoms. The quantitative estimate of drug-likeness (QED) is 0.726. The topological polar surface area (TPSA) is 34.9 Å². The molecule has 6 atom stereocenters. The van der Waals surface area contributed by atoms with E-state index in [1.807, 2.05) is 12.5 Å². The molecule has 3 fully saturated rings. The Kier molecular flexibility index (Phi) is 3.37. The van der Waals surface area contributed by atoms with Crippen LogP contribution in [-0.2, 0) is 4.79 Å². The minimum atomic E-state index is 0.208. The Labute approximate surface area is 150 Å². The second-order valence-corrected chi connectivity index (χ2v) is 9.60. The van der Waals surface area contributed by atoms with Gasteiger partial charge in [-0.25, -0.2) is 4.98 Å². The molecular weight excluding hydrogens is 308 g/mol. The molecule has 1 unspecified atom stereocenters. The second-order valence-electron chi connectivity index (χ2n) is 9.60. The molecule has 1 heterocycles. The Morgan fingerprint density at radius 3 is 2.84 bits per heavy atom. The first-order chi connectivity index (χ1) is 12.0. The molecule has 25 heavy (non-hydrogen) atoms. The molecule has 0 radical (unpaired) electrons. The third-order valence-corrected chi connectivity index (χ3v) is 8.69. The van der Waals surface area contributed by atoms with Crippen LogP contribution in [0.25, 0.3) is 5.70 Å². The maximum atomic E-state index is 13.1. The van der Waals surface area contributed by atoms with Gasteiger partial charge >= 0.3 is 0 Å². The van der Waals surface area contributed by atoms with Gasteiger partial charge in [0.05, 0.1) is 6.33 Å². The number of Topliss-reactive ketones (excluding diaryl/α,β-unsaturated/α-hetero) is 1. The van der Waals surface area contributed by atoms with E-state index in [9.17, 15) is 4.79 Å². The van der Waals surface area contributed by atoms with Crippen LogP contribution in [0.4, 0.5) is 0 Å². The molecule has 0 bridgehead atoms. The Hall–Kier alpha value is -1.38. The summed E-state index contributed by atoms with van der Waals surface area (Å²) in [5.74, 6) is 2.91. The van der Waals surface area contributed by atoms with Gasteiger partial charge in [-0.1, -0.05) is 32.8 Å². The summed E-state index contributed by atoms with van der Waals surface area (Å²) < 4.78 is 2.22. The maximum absolute atomic E-state index is 13.1. The highest BCUT2D eigenvalue weighted by molar-refractivity contribution is 5.83. The Morgan fingerprint density at radius 2 is 2.04 bits per heavy atom. The summed E-state index contributed by atoms with van der Waals surface area (Å²) in [6.07, 6.45) is 17.9. The minimum Gasteiger partial charge on any atom is -0.310 e. The monoisotopic (exact) mass is 338 g/mol. The van der Waals surface area contributed by atoms with E-state index < -0.39 is 0 Å². The SMILES string of the molecule is C[C@]12CCCCC1C(=O)C[C@@H]1[C@@H]2CC[C@]2(C)C(n3ccnc3)=CC[C@@H]12. The highest BCUT2D eigenvalue weighted by Gasteiger charge is 2.60. The predicted molar refractivity (Wildman–Crippen MR) is 98.6 cm³/mol. The molecule has 0 saturated heterocycles. The van der Waals surface area contributed by atoms with Crippen molar-refractivity contribution in [1.29, 1.82) is 0 Å². The molecule has 1 aromatic rings. The molecular formula is C22H30N2O. The van der Waals surface area contributed by atoms with Gasteiger partial charge in [-0.15, -0.1) is 0 Å². The van der Waals surface area contributed by atoms with Crippen molar-refractivity contribution in [2.45, 2.75) is 65.2 Å². The van der Waals surface area contributed by atoms with Gasteiger partial charge in [0, 0.05) is 35.8 Å².